The van der Waals surface area contributed by atoms with E-state index in [-0.39, 0.29) is 62.0 Å². The number of nitrogens with two attached hydrogens (primary N) is 2. The molecule has 2 heterocycles. The predicted molar refractivity (Wildman–Crippen MR) is 315 cm³/mol. The third-order valence-corrected chi connectivity index (χ3v) is 15.2. The molecule has 8 atom stereocenters. The number of likely N-dealkylation sites (tertiary alicyclic amines) is 2. The summed E-state index contributed by atoms with van der Waals surface area (Å²) in [4.78, 5) is 115. The minimum Gasteiger partial charge on any atom is -0.353 e. The predicted octanol–water partition coefficient (Wildman–Crippen LogP) is 4.74. The SMILES string of the molecule is C[C@H](N)C(=O)N[C@H](C(=O)N1C[C@@H](NC(=O)c2ccc(C(=O)N[C@H]3C[C@@H](C(=O)NCC(c4ccccc4)c4ccccc4)N(C(=O)[C@@H](NC(=O)[C@H](C)N)C(C)(C)C)C3)cc2)C[C@H]1C(=O)NCC(c1ccccc1)c1ccccc1)C(C)(C)C. The number of hydrogen-bond acceptors (Lipinski definition) is 10. The number of hydrogen-bond donors (Lipinski definition) is 8. The van der Waals surface area contributed by atoms with Crippen LogP contribution in [0.25, 0.3) is 0 Å². The molecule has 0 aliphatic carbocycles. The Hall–Kier alpha value is -8.22. The van der Waals surface area contributed by atoms with Crippen molar-refractivity contribution in [2.45, 2.75) is 128 Å². The molecule has 82 heavy (non-hydrogen) atoms. The van der Waals surface area contributed by atoms with E-state index in [1.54, 1.807) is 41.5 Å². The van der Waals surface area contributed by atoms with Crippen LogP contribution >= 0.6 is 0 Å². The summed E-state index contributed by atoms with van der Waals surface area (Å²) in [5.41, 5.74) is 14.6. The number of amides is 8. The average molecular weight is 1120 g/mol. The van der Waals surface area contributed by atoms with Gasteiger partial charge in [0.15, 0.2) is 0 Å². The first-order valence-corrected chi connectivity index (χ1v) is 28.1. The van der Waals surface area contributed by atoms with Crippen molar-refractivity contribution >= 4 is 47.3 Å². The van der Waals surface area contributed by atoms with Crippen LogP contribution in [0.4, 0.5) is 0 Å². The maximum atomic E-state index is 14.6. The van der Waals surface area contributed by atoms with Crippen LogP contribution in [-0.2, 0) is 28.8 Å². The molecule has 5 aromatic carbocycles. The van der Waals surface area contributed by atoms with Crippen molar-refractivity contribution in [1.29, 1.82) is 0 Å². The first-order valence-electron chi connectivity index (χ1n) is 28.1. The zero-order chi connectivity index (χ0) is 59.5. The Morgan fingerprint density at radius 2 is 0.744 bits per heavy atom. The molecule has 18 heteroatoms. The van der Waals surface area contributed by atoms with Crippen LogP contribution in [0.5, 0.6) is 0 Å². The van der Waals surface area contributed by atoms with Gasteiger partial charge in [0, 0.05) is 61.2 Å². The lowest BCUT2D eigenvalue weighted by Gasteiger charge is -2.35. The number of carbonyl (C=O) groups is 8. The quantitative estimate of drug-likeness (QED) is 0.0531. The van der Waals surface area contributed by atoms with Gasteiger partial charge in [0.1, 0.15) is 24.2 Å². The third kappa shape index (κ3) is 15.6. The van der Waals surface area contributed by atoms with E-state index in [9.17, 15) is 38.4 Å². The van der Waals surface area contributed by atoms with E-state index in [0.717, 1.165) is 22.3 Å². The second-order valence-corrected chi connectivity index (χ2v) is 23.8. The van der Waals surface area contributed by atoms with Crippen molar-refractivity contribution in [2.24, 2.45) is 22.3 Å². The highest BCUT2D eigenvalue weighted by atomic mass is 16.2. The molecule has 0 saturated carbocycles. The zero-order valence-electron chi connectivity index (χ0n) is 48.2. The molecule has 434 valence electrons. The molecule has 0 aromatic heterocycles. The van der Waals surface area contributed by atoms with E-state index in [4.69, 9.17) is 11.5 Å². The fraction of sp³-hybridized carbons (Fsp3) is 0.406. The van der Waals surface area contributed by atoms with E-state index in [1.807, 2.05) is 121 Å². The van der Waals surface area contributed by atoms with E-state index in [1.165, 1.54) is 47.9 Å². The number of rotatable bonds is 20. The minimum absolute atomic E-state index is 0.0415. The maximum Gasteiger partial charge on any atom is 0.251 e. The van der Waals surface area contributed by atoms with Crippen molar-refractivity contribution in [1.82, 2.24) is 41.7 Å². The van der Waals surface area contributed by atoms with Crippen LogP contribution in [0.2, 0.25) is 0 Å². The van der Waals surface area contributed by atoms with Crippen molar-refractivity contribution in [3.63, 3.8) is 0 Å². The highest BCUT2D eigenvalue weighted by molar-refractivity contribution is 5.99. The molecule has 0 radical (unpaired) electrons. The fourth-order valence-electron chi connectivity index (χ4n) is 10.6. The summed E-state index contributed by atoms with van der Waals surface area (Å²) in [5.74, 6) is -4.35. The van der Waals surface area contributed by atoms with Gasteiger partial charge in [-0.25, -0.2) is 0 Å². The van der Waals surface area contributed by atoms with Gasteiger partial charge in [-0.05, 0) is 84.0 Å². The smallest absolute Gasteiger partial charge is 0.251 e. The maximum absolute atomic E-state index is 14.6. The second-order valence-electron chi connectivity index (χ2n) is 23.8. The third-order valence-electron chi connectivity index (χ3n) is 15.2. The van der Waals surface area contributed by atoms with Crippen LogP contribution in [0.15, 0.2) is 146 Å². The molecular weight excluding hydrogens is 1040 g/mol. The fourth-order valence-corrected chi connectivity index (χ4v) is 10.6. The summed E-state index contributed by atoms with van der Waals surface area (Å²) in [6.45, 7) is 14.2. The molecule has 7 rings (SSSR count). The molecule has 10 N–H and O–H groups in total. The van der Waals surface area contributed by atoms with E-state index < -0.39 is 106 Å². The van der Waals surface area contributed by atoms with Gasteiger partial charge in [-0.15, -0.1) is 0 Å². The largest absolute Gasteiger partial charge is 0.353 e. The Bertz CT molecular complexity index is 2740. The van der Waals surface area contributed by atoms with Crippen LogP contribution < -0.4 is 43.4 Å². The highest BCUT2D eigenvalue weighted by Crippen LogP contribution is 2.31. The standard InChI is InChI=1S/C64H80N10O8/c1-39(65)55(75)71-53(63(3,4)5)61(81)73-37-47(33-51(73)59(79)67-35-49(41-21-13-9-14-22-41)42-23-15-10-16-24-42)69-57(77)45-29-31-46(32-30-45)58(78)70-48-34-52(74(38-48)62(82)54(64(6,7)8)72-56(76)40(2)66)60(80)68-36-50(43-25-17-11-18-26-43)44-27-19-12-20-28-44/h9-32,39-40,47-54H,33-38,65-66H2,1-8H3,(H,67,79)(H,68,80)(H,69,77)(H,70,78)(H,71,75)(H,72,76)/t39-,40-,47-,48-,51-,52-,53+,54+/m0/s1. The van der Waals surface area contributed by atoms with Gasteiger partial charge in [0.05, 0.1) is 12.1 Å². The van der Waals surface area contributed by atoms with Crippen molar-refractivity contribution in [2.75, 3.05) is 26.2 Å². The lowest BCUT2D eigenvalue weighted by molar-refractivity contribution is -0.144. The molecule has 5 aromatic rings. The Labute approximate surface area is 481 Å². The van der Waals surface area contributed by atoms with Gasteiger partial charge < -0.3 is 53.2 Å². The minimum atomic E-state index is -1.06. The molecule has 2 aliphatic rings. The molecule has 0 unspecified atom stereocenters. The summed E-state index contributed by atoms with van der Waals surface area (Å²) < 4.78 is 0. The van der Waals surface area contributed by atoms with Crippen molar-refractivity contribution in [3.05, 3.63) is 179 Å². The summed E-state index contributed by atoms with van der Waals surface area (Å²) in [5, 5.41) is 17.8. The van der Waals surface area contributed by atoms with Crippen LogP contribution in [0.1, 0.15) is 123 Å². The molecule has 2 saturated heterocycles. The number of benzene rings is 5. The topological polar surface area (TPSA) is 267 Å². The van der Waals surface area contributed by atoms with E-state index >= 15 is 0 Å². The van der Waals surface area contributed by atoms with Crippen LogP contribution in [-0.4, -0.2) is 132 Å². The van der Waals surface area contributed by atoms with E-state index in [2.05, 4.69) is 31.9 Å². The van der Waals surface area contributed by atoms with Crippen molar-refractivity contribution < 1.29 is 38.4 Å². The Kier molecular flexibility index (Phi) is 20.2. The van der Waals surface area contributed by atoms with Gasteiger partial charge in [-0.2, -0.15) is 0 Å². The summed E-state index contributed by atoms with van der Waals surface area (Å²) in [7, 11) is 0. The Balaban J connectivity index is 1.06. The van der Waals surface area contributed by atoms with Gasteiger partial charge in [0.25, 0.3) is 11.8 Å². The molecular formula is C64H80N10O8. The summed E-state index contributed by atoms with van der Waals surface area (Å²) in [6, 6.07) is 37.7. The molecule has 8 amide bonds. The summed E-state index contributed by atoms with van der Waals surface area (Å²) in [6.07, 6.45) is 0.137. The number of nitrogens with zero attached hydrogens (tertiary/aromatic N) is 2. The first-order chi connectivity index (χ1) is 38.9. The van der Waals surface area contributed by atoms with Crippen LogP contribution in [0.3, 0.4) is 0 Å². The van der Waals surface area contributed by atoms with Crippen LogP contribution in [0, 0.1) is 10.8 Å². The Morgan fingerprint density at radius 3 is 1.00 bits per heavy atom. The molecule has 2 aliphatic heterocycles. The molecule has 18 nitrogen and oxygen atoms in total. The molecule has 2 fully saturated rings. The average Bonchev–Trinajstić information content (AvgIpc) is 4.13. The molecule has 0 spiro atoms. The summed E-state index contributed by atoms with van der Waals surface area (Å²) >= 11 is 0. The zero-order valence-corrected chi connectivity index (χ0v) is 48.2. The highest BCUT2D eigenvalue weighted by Gasteiger charge is 2.47. The molecule has 0 bridgehead atoms. The monoisotopic (exact) mass is 1120 g/mol. The van der Waals surface area contributed by atoms with Gasteiger partial charge >= 0.3 is 0 Å². The Morgan fingerprint density at radius 1 is 0.463 bits per heavy atom. The normalized spacial score (nSPS) is 18.6. The van der Waals surface area contributed by atoms with Gasteiger partial charge in [-0.3, -0.25) is 38.4 Å². The van der Waals surface area contributed by atoms with Gasteiger partial charge in [-0.1, -0.05) is 163 Å². The number of nitrogens with one attached hydrogen (secondary N) is 6. The van der Waals surface area contributed by atoms with E-state index in [0.29, 0.717) is 0 Å². The lowest BCUT2D eigenvalue weighted by Crippen LogP contribution is -2.59. The first kappa shape index (κ1) is 61.4. The lowest BCUT2D eigenvalue weighted by atomic mass is 9.85. The second kappa shape index (κ2) is 27.0. The number of carbonyl (C=O) groups excluding carboxylic acids is 8. The van der Waals surface area contributed by atoms with Gasteiger partial charge in [0.2, 0.25) is 35.4 Å². The van der Waals surface area contributed by atoms with Crippen molar-refractivity contribution in [3.8, 4) is 0 Å².